The van der Waals surface area contributed by atoms with Crippen LogP contribution >= 0.6 is 23.1 Å². The number of hydrogen-bond acceptors (Lipinski definition) is 8. The number of thioether (sulfide) groups is 1. The minimum Gasteiger partial charge on any atom is -0.467 e. The Labute approximate surface area is 154 Å². The van der Waals surface area contributed by atoms with Gasteiger partial charge in [0.05, 0.1) is 12.0 Å². The van der Waals surface area contributed by atoms with E-state index in [2.05, 4.69) is 15.5 Å². The van der Waals surface area contributed by atoms with Crippen LogP contribution in [0.5, 0.6) is 0 Å². The third-order valence-electron chi connectivity index (χ3n) is 3.42. The minimum atomic E-state index is -0.628. The van der Waals surface area contributed by atoms with Crippen molar-refractivity contribution < 1.29 is 18.7 Å². The highest BCUT2D eigenvalue weighted by atomic mass is 32.2. The standard InChI is InChI=1S/C16H21N3O4S2/c1-10-4-5-12(25-10)15-19-18-14(23-15)7-6-13(20)17-11(8-9-24-3)16(21)22-2/h4-5,11H,6-9H2,1-3H3,(H,17,20)/t11-/m0/s1. The number of carbonyl (C=O) groups is 2. The zero-order valence-electron chi connectivity index (χ0n) is 14.4. The molecular weight excluding hydrogens is 362 g/mol. The minimum absolute atomic E-state index is 0.165. The molecule has 0 bridgehead atoms. The molecule has 0 radical (unpaired) electrons. The number of thiophene rings is 1. The number of carbonyl (C=O) groups excluding carboxylic acids is 2. The molecule has 1 N–H and O–H groups in total. The Balaban J connectivity index is 1.86. The lowest BCUT2D eigenvalue weighted by molar-refractivity contribution is -0.145. The van der Waals surface area contributed by atoms with Gasteiger partial charge in [-0.1, -0.05) is 0 Å². The monoisotopic (exact) mass is 383 g/mol. The Morgan fingerprint density at radius 1 is 1.40 bits per heavy atom. The van der Waals surface area contributed by atoms with Crippen molar-refractivity contribution in [1.29, 1.82) is 0 Å². The first-order valence-electron chi connectivity index (χ1n) is 7.78. The van der Waals surface area contributed by atoms with E-state index in [1.807, 2.05) is 25.3 Å². The largest absolute Gasteiger partial charge is 0.467 e. The summed E-state index contributed by atoms with van der Waals surface area (Å²) in [5.41, 5.74) is 0. The molecule has 2 aromatic rings. The first kappa shape index (κ1) is 19.5. The predicted molar refractivity (Wildman–Crippen MR) is 97.6 cm³/mol. The summed E-state index contributed by atoms with van der Waals surface area (Å²) in [7, 11) is 1.31. The van der Waals surface area contributed by atoms with E-state index in [0.29, 0.717) is 24.6 Å². The van der Waals surface area contributed by atoms with Gasteiger partial charge in [0.2, 0.25) is 11.8 Å². The summed E-state index contributed by atoms with van der Waals surface area (Å²) >= 11 is 3.18. The summed E-state index contributed by atoms with van der Waals surface area (Å²) in [4.78, 5) is 25.8. The first-order chi connectivity index (χ1) is 12.0. The molecule has 1 atom stereocenters. The molecule has 0 saturated heterocycles. The third kappa shape index (κ3) is 5.86. The molecule has 0 aliphatic carbocycles. The van der Waals surface area contributed by atoms with Crippen molar-refractivity contribution in [3.63, 3.8) is 0 Å². The lowest BCUT2D eigenvalue weighted by atomic mass is 10.2. The van der Waals surface area contributed by atoms with Crippen LogP contribution in [0.25, 0.3) is 10.8 Å². The van der Waals surface area contributed by atoms with Gasteiger partial charge in [0.25, 0.3) is 5.89 Å². The fourth-order valence-electron chi connectivity index (χ4n) is 2.12. The zero-order valence-corrected chi connectivity index (χ0v) is 16.0. The van der Waals surface area contributed by atoms with Crippen LogP contribution in [0.15, 0.2) is 16.5 Å². The summed E-state index contributed by atoms with van der Waals surface area (Å²) in [6, 6.07) is 3.28. The fourth-order valence-corrected chi connectivity index (χ4v) is 3.38. The molecule has 2 rings (SSSR count). The van der Waals surface area contributed by atoms with Crippen molar-refractivity contribution in [2.45, 2.75) is 32.2 Å². The molecular formula is C16H21N3O4S2. The van der Waals surface area contributed by atoms with E-state index < -0.39 is 12.0 Å². The Hall–Kier alpha value is -1.87. The molecule has 9 heteroatoms. The third-order valence-corrected chi connectivity index (χ3v) is 5.05. The van der Waals surface area contributed by atoms with E-state index >= 15 is 0 Å². The molecule has 25 heavy (non-hydrogen) atoms. The molecule has 7 nitrogen and oxygen atoms in total. The summed E-state index contributed by atoms with van der Waals surface area (Å²) in [5.74, 6) is 0.933. The van der Waals surface area contributed by atoms with Crippen molar-refractivity contribution in [2.24, 2.45) is 0 Å². The molecule has 0 aromatic carbocycles. The molecule has 2 heterocycles. The summed E-state index contributed by atoms with van der Waals surface area (Å²) in [6.07, 6.45) is 2.96. The number of nitrogens with one attached hydrogen (secondary N) is 1. The molecule has 0 aliphatic rings. The maximum atomic E-state index is 12.1. The second kappa shape index (κ2) is 9.57. The van der Waals surface area contributed by atoms with Gasteiger partial charge in [-0.15, -0.1) is 21.5 Å². The number of aryl methyl sites for hydroxylation is 2. The van der Waals surface area contributed by atoms with Crippen molar-refractivity contribution >= 4 is 35.0 Å². The van der Waals surface area contributed by atoms with E-state index in [9.17, 15) is 9.59 Å². The van der Waals surface area contributed by atoms with Crippen LogP contribution in [0.4, 0.5) is 0 Å². The van der Waals surface area contributed by atoms with Crippen LogP contribution in [-0.2, 0) is 20.7 Å². The number of ether oxygens (including phenoxy) is 1. The van der Waals surface area contributed by atoms with Gasteiger partial charge >= 0.3 is 5.97 Å². The Morgan fingerprint density at radius 2 is 2.20 bits per heavy atom. The van der Waals surface area contributed by atoms with Crippen molar-refractivity contribution in [3.8, 4) is 10.8 Å². The SMILES string of the molecule is COC(=O)[C@H](CCSC)NC(=O)CCc1nnc(-c2ccc(C)s2)o1. The zero-order chi connectivity index (χ0) is 18.2. The van der Waals surface area contributed by atoms with Gasteiger partial charge in [-0.05, 0) is 37.5 Å². The summed E-state index contributed by atoms with van der Waals surface area (Å²) < 4.78 is 10.3. The average Bonchev–Trinajstić information content (AvgIpc) is 3.24. The second-order valence-electron chi connectivity index (χ2n) is 5.34. The quantitative estimate of drug-likeness (QED) is 0.665. The molecule has 0 saturated carbocycles. The lowest BCUT2D eigenvalue weighted by Gasteiger charge is -2.15. The van der Waals surface area contributed by atoms with Crippen LogP contribution < -0.4 is 5.32 Å². The van der Waals surface area contributed by atoms with E-state index in [0.717, 1.165) is 15.5 Å². The van der Waals surface area contributed by atoms with E-state index in [4.69, 9.17) is 9.15 Å². The van der Waals surface area contributed by atoms with Crippen molar-refractivity contribution in [3.05, 3.63) is 22.9 Å². The van der Waals surface area contributed by atoms with Crippen LogP contribution in [0, 0.1) is 6.92 Å². The molecule has 2 aromatic heterocycles. The first-order valence-corrected chi connectivity index (χ1v) is 9.99. The summed E-state index contributed by atoms with van der Waals surface area (Å²) in [6.45, 7) is 2.00. The van der Waals surface area contributed by atoms with Gasteiger partial charge in [0.1, 0.15) is 6.04 Å². The maximum Gasteiger partial charge on any atom is 0.328 e. The van der Waals surface area contributed by atoms with Crippen LogP contribution in [0.2, 0.25) is 0 Å². The van der Waals surface area contributed by atoms with Gasteiger partial charge in [-0.3, -0.25) is 4.79 Å². The normalized spacial score (nSPS) is 12.0. The van der Waals surface area contributed by atoms with E-state index in [1.165, 1.54) is 7.11 Å². The Morgan fingerprint density at radius 3 is 2.84 bits per heavy atom. The lowest BCUT2D eigenvalue weighted by Crippen LogP contribution is -2.42. The predicted octanol–water partition coefficient (Wildman–Crippen LogP) is 2.45. The van der Waals surface area contributed by atoms with E-state index in [-0.39, 0.29) is 12.3 Å². The Kier molecular flexibility index (Phi) is 7.45. The van der Waals surface area contributed by atoms with Gasteiger partial charge in [-0.2, -0.15) is 11.8 Å². The number of methoxy groups -OCH3 is 1. The number of nitrogens with zero attached hydrogens (tertiary/aromatic N) is 2. The second-order valence-corrected chi connectivity index (χ2v) is 7.61. The van der Waals surface area contributed by atoms with Crippen LogP contribution in [0.1, 0.15) is 23.6 Å². The number of rotatable bonds is 9. The van der Waals surface area contributed by atoms with E-state index in [1.54, 1.807) is 23.1 Å². The highest BCUT2D eigenvalue weighted by molar-refractivity contribution is 7.98. The number of aromatic nitrogens is 2. The Bertz CT molecular complexity index is 714. The summed E-state index contributed by atoms with van der Waals surface area (Å²) in [5, 5.41) is 10.7. The highest BCUT2D eigenvalue weighted by Crippen LogP contribution is 2.26. The smallest absolute Gasteiger partial charge is 0.328 e. The fraction of sp³-hybridized carbons (Fsp3) is 0.500. The molecule has 136 valence electrons. The average molecular weight is 383 g/mol. The van der Waals surface area contributed by atoms with Crippen LogP contribution in [-0.4, -0.2) is 47.2 Å². The molecule has 0 aliphatic heterocycles. The van der Waals surface area contributed by atoms with Gasteiger partial charge in [0, 0.05) is 17.7 Å². The van der Waals surface area contributed by atoms with Gasteiger partial charge < -0.3 is 14.5 Å². The van der Waals surface area contributed by atoms with Crippen molar-refractivity contribution in [2.75, 3.05) is 19.1 Å². The number of amides is 1. The number of hydrogen-bond donors (Lipinski definition) is 1. The van der Waals surface area contributed by atoms with Gasteiger partial charge in [-0.25, -0.2) is 4.79 Å². The topological polar surface area (TPSA) is 94.3 Å². The number of esters is 1. The highest BCUT2D eigenvalue weighted by Gasteiger charge is 2.21. The molecule has 0 spiro atoms. The van der Waals surface area contributed by atoms with Crippen LogP contribution in [0.3, 0.4) is 0 Å². The molecule has 1 amide bonds. The van der Waals surface area contributed by atoms with Gasteiger partial charge in [0.15, 0.2) is 0 Å². The van der Waals surface area contributed by atoms with Crippen molar-refractivity contribution in [1.82, 2.24) is 15.5 Å². The maximum absolute atomic E-state index is 12.1. The molecule has 0 unspecified atom stereocenters. The molecule has 0 fully saturated rings.